The van der Waals surface area contributed by atoms with Crippen LogP contribution in [0.2, 0.25) is 0 Å². The lowest BCUT2D eigenvalue weighted by Crippen LogP contribution is -2.26. The maximum Gasteiger partial charge on any atom is 0.310 e. The molecule has 0 unspecified atom stereocenters. The smallest absolute Gasteiger partial charge is 0.310 e. The quantitative estimate of drug-likeness (QED) is 0.708. The van der Waals surface area contributed by atoms with Gasteiger partial charge in [-0.05, 0) is 37.5 Å². The second-order valence-corrected chi connectivity index (χ2v) is 6.16. The number of carbonyl (C=O) groups excluding carboxylic acids is 1. The number of rotatable bonds is 3. The molecule has 2 atom stereocenters. The number of allylic oxidation sites excluding steroid dienone is 2. The normalized spacial score (nSPS) is 33.1. The minimum atomic E-state index is -0.0335. The summed E-state index contributed by atoms with van der Waals surface area (Å²) in [6.45, 7) is 6.05. The Balaban J connectivity index is 1.94. The van der Waals surface area contributed by atoms with Gasteiger partial charge in [-0.1, -0.05) is 31.5 Å². The van der Waals surface area contributed by atoms with E-state index in [4.69, 9.17) is 16.3 Å². The number of hydrogen-bond donors (Lipinski definition) is 0. The minimum Gasteiger partial charge on any atom is -0.462 e. The molecule has 16 heavy (non-hydrogen) atoms. The van der Waals surface area contributed by atoms with Crippen LogP contribution in [0.3, 0.4) is 0 Å². The molecule has 90 valence electrons. The van der Waals surface area contributed by atoms with Crippen molar-refractivity contribution in [3.8, 4) is 0 Å². The van der Waals surface area contributed by atoms with Gasteiger partial charge in [0.15, 0.2) is 0 Å². The van der Waals surface area contributed by atoms with E-state index in [1.807, 2.05) is 13.0 Å². The minimum absolute atomic E-state index is 0.00167. The van der Waals surface area contributed by atoms with Crippen LogP contribution in [0.15, 0.2) is 11.1 Å². The highest BCUT2D eigenvalue weighted by atomic mass is 35.5. The number of ether oxygens (including phenoxy) is 1. The van der Waals surface area contributed by atoms with Crippen LogP contribution in [0.25, 0.3) is 0 Å². The SMILES string of the molecule is C/C(Cl)=C/[C@@H]1[C@@H](C(=O)OC2CCC2)C1(C)C. The summed E-state index contributed by atoms with van der Waals surface area (Å²) in [6.07, 6.45) is 5.43. The number of hydrogen-bond acceptors (Lipinski definition) is 2. The fourth-order valence-corrected chi connectivity index (χ4v) is 2.55. The Morgan fingerprint density at radius 3 is 2.50 bits per heavy atom. The Morgan fingerprint density at radius 2 is 2.06 bits per heavy atom. The molecule has 0 spiro atoms. The van der Waals surface area contributed by atoms with Crippen LogP contribution in [0.5, 0.6) is 0 Å². The second-order valence-electron chi connectivity index (χ2n) is 5.57. The average molecular weight is 243 g/mol. The molecule has 0 aromatic heterocycles. The van der Waals surface area contributed by atoms with E-state index in [0.29, 0.717) is 0 Å². The van der Waals surface area contributed by atoms with E-state index < -0.39 is 0 Å². The zero-order chi connectivity index (χ0) is 11.9. The van der Waals surface area contributed by atoms with E-state index in [1.54, 1.807) is 0 Å². The van der Waals surface area contributed by atoms with Gasteiger partial charge in [-0.25, -0.2) is 0 Å². The topological polar surface area (TPSA) is 26.3 Å². The van der Waals surface area contributed by atoms with E-state index in [2.05, 4.69) is 13.8 Å². The lowest BCUT2D eigenvalue weighted by Gasteiger charge is -2.25. The Kier molecular flexibility index (Phi) is 3.04. The van der Waals surface area contributed by atoms with Crippen molar-refractivity contribution in [2.75, 3.05) is 0 Å². The van der Waals surface area contributed by atoms with Gasteiger partial charge in [0.2, 0.25) is 0 Å². The second kappa shape index (κ2) is 4.06. The maximum absolute atomic E-state index is 11.9. The first-order chi connectivity index (χ1) is 7.43. The number of carbonyl (C=O) groups is 1. The van der Waals surface area contributed by atoms with Crippen molar-refractivity contribution in [1.29, 1.82) is 0 Å². The molecule has 2 fully saturated rings. The monoisotopic (exact) mass is 242 g/mol. The largest absolute Gasteiger partial charge is 0.462 e. The van der Waals surface area contributed by atoms with Crippen LogP contribution in [-0.2, 0) is 9.53 Å². The summed E-state index contributed by atoms with van der Waals surface area (Å²) < 4.78 is 5.45. The van der Waals surface area contributed by atoms with Crippen molar-refractivity contribution in [2.24, 2.45) is 17.3 Å². The zero-order valence-corrected chi connectivity index (χ0v) is 10.9. The van der Waals surface area contributed by atoms with Crippen molar-refractivity contribution in [1.82, 2.24) is 0 Å². The summed E-state index contributed by atoms with van der Waals surface area (Å²) in [5.41, 5.74) is 0.0109. The third-order valence-corrected chi connectivity index (χ3v) is 4.03. The van der Waals surface area contributed by atoms with Crippen LogP contribution in [0, 0.1) is 17.3 Å². The molecule has 0 aromatic carbocycles. The molecule has 0 N–H and O–H groups in total. The fraction of sp³-hybridized carbons (Fsp3) is 0.769. The number of esters is 1. The molecule has 0 bridgehead atoms. The van der Waals surface area contributed by atoms with Crippen LogP contribution in [0.4, 0.5) is 0 Å². The Labute approximate surface area is 102 Å². The molecule has 0 radical (unpaired) electrons. The molecule has 0 heterocycles. The van der Waals surface area contributed by atoms with E-state index in [-0.39, 0.29) is 29.3 Å². The molecular weight excluding hydrogens is 224 g/mol. The lowest BCUT2D eigenvalue weighted by atomic mass is 9.96. The highest BCUT2D eigenvalue weighted by Gasteiger charge is 2.61. The van der Waals surface area contributed by atoms with Gasteiger partial charge < -0.3 is 4.74 Å². The van der Waals surface area contributed by atoms with E-state index in [1.165, 1.54) is 6.42 Å². The van der Waals surface area contributed by atoms with Gasteiger partial charge in [-0.2, -0.15) is 0 Å². The zero-order valence-electron chi connectivity index (χ0n) is 10.1. The average Bonchev–Trinajstić information content (AvgIpc) is 2.60. The summed E-state index contributed by atoms with van der Waals surface area (Å²) in [4.78, 5) is 11.9. The first kappa shape index (κ1) is 12.0. The van der Waals surface area contributed by atoms with Gasteiger partial charge in [0.05, 0.1) is 5.92 Å². The van der Waals surface area contributed by atoms with Crippen molar-refractivity contribution in [2.45, 2.75) is 46.1 Å². The Bertz CT molecular complexity index is 325. The summed E-state index contributed by atoms with van der Waals surface area (Å²) in [5, 5.41) is 0.761. The first-order valence-corrected chi connectivity index (χ1v) is 6.35. The molecule has 2 nitrogen and oxygen atoms in total. The predicted molar refractivity (Wildman–Crippen MR) is 64.1 cm³/mol. The maximum atomic E-state index is 11.9. The molecule has 2 saturated carbocycles. The molecule has 2 rings (SSSR count). The molecule has 2 aliphatic carbocycles. The van der Waals surface area contributed by atoms with Gasteiger partial charge in [0.25, 0.3) is 0 Å². The van der Waals surface area contributed by atoms with Crippen LogP contribution in [-0.4, -0.2) is 12.1 Å². The summed E-state index contributed by atoms with van der Waals surface area (Å²) in [7, 11) is 0. The molecular formula is C13H19ClO2. The van der Waals surface area contributed by atoms with Crippen molar-refractivity contribution >= 4 is 17.6 Å². The van der Waals surface area contributed by atoms with Gasteiger partial charge >= 0.3 is 5.97 Å². The fourth-order valence-electron chi connectivity index (χ4n) is 2.41. The summed E-state index contributed by atoms with van der Waals surface area (Å²) in [5.74, 6) is 0.216. The van der Waals surface area contributed by atoms with Crippen molar-refractivity contribution in [3.05, 3.63) is 11.1 Å². The summed E-state index contributed by atoms with van der Waals surface area (Å²) >= 11 is 5.86. The standard InChI is InChI=1S/C13H19ClO2/c1-8(14)7-10-11(13(10,2)3)12(15)16-9-5-4-6-9/h7,9-11H,4-6H2,1-3H3/b8-7-/t10-,11+/m1/s1. The lowest BCUT2D eigenvalue weighted by molar-refractivity contribution is -0.155. The molecule has 2 aliphatic rings. The van der Waals surface area contributed by atoms with Gasteiger partial charge in [0.1, 0.15) is 6.10 Å². The first-order valence-electron chi connectivity index (χ1n) is 5.97. The van der Waals surface area contributed by atoms with Crippen molar-refractivity contribution < 1.29 is 9.53 Å². The van der Waals surface area contributed by atoms with Crippen LogP contribution >= 0.6 is 11.6 Å². The summed E-state index contributed by atoms with van der Waals surface area (Å²) in [6, 6.07) is 0. The highest BCUT2D eigenvalue weighted by molar-refractivity contribution is 6.29. The molecule has 0 aliphatic heterocycles. The third kappa shape index (κ3) is 2.13. The van der Waals surface area contributed by atoms with Crippen molar-refractivity contribution in [3.63, 3.8) is 0 Å². The van der Waals surface area contributed by atoms with Gasteiger partial charge in [-0.3, -0.25) is 4.79 Å². The third-order valence-electron chi connectivity index (χ3n) is 3.91. The van der Waals surface area contributed by atoms with Gasteiger partial charge in [-0.15, -0.1) is 0 Å². The number of halogens is 1. The molecule has 0 aromatic rings. The van der Waals surface area contributed by atoms with E-state index in [9.17, 15) is 4.79 Å². The molecule has 0 saturated heterocycles. The van der Waals surface area contributed by atoms with Gasteiger partial charge in [0, 0.05) is 5.03 Å². The van der Waals surface area contributed by atoms with E-state index in [0.717, 1.165) is 17.9 Å². The van der Waals surface area contributed by atoms with Crippen LogP contribution < -0.4 is 0 Å². The molecule has 0 amide bonds. The molecule has 3 heteroatoms. The Hall–Kier alpha value is -0.500. The highest BCUT2D eigenvalue weighted by Crippen LogP contribution is 2.60. The van der Waals surface area contributed by atoms with E-state index >= 15 is 0 Å². The Morgan fingerprint density at radius 1 is 1.44 bits per heavy atom. The van der Waals surface area contributed by atoms with Crippen LogP contribution in [0.1, 0.15) is 40.0 Å². The predicted octanol–water partition coefficient (Wildman–Crippen LogP) is 3.50.